The molecule has 32 heavy (non-hydrogen) atoms. The molecule has 166 valence electrons. The van der Waals surface area contributed by atoms with Gasteiger partial charge in [0.05, 0.1) is 0 Å². The number of likely N-dealkylation sites (tertiary alicyclic amines) is 1. The third kappa shape index (κ3) is 4.31. The standard InChI is InChI=1S/C26H29ClN4O/c1-17-13-18(14-19-7-2-4-10-22(19)27)15-24(28-17)20-8-6-12-31(16-20)26(32)25-21-9-3-5-11-23(21)29-30-25/h2,4,7,10,13,15,20H,3,5-6,8-9,11-12,14,16H2,1H3,(H,29,30)/t20-/m0/s1. The summed E-state index contributed by atoms with van der Waals surface area (Å²) in [6.45, 7) is 3.53. The second-order valence-corrected chi connectivity index (χ2v) is 9.54. The molecule has 1 N–H and O–H groups in total. The Bertz CT molecular complexity index is 1140. The van der Waals surface area contributed by atoms with E-state index in [4.69, 9.17) is 16.6 Å². The molecule has 0 saturated carbocycles. The van der Waals surface area contributed by atoms with E-state index >= 15 is 0 Å². The summed E-state index contributed by atoms with van der Waals surface area (Å²) >= 11 is 6.39. The number of aromatic amines is 1. The number of aryl methyl sites for hydroxylation is 2. The number of benzene rings is 1. The lowest BCUT2D eigenvalue weighted by molar-refractivity contribution is 0.0698. The summed E-state index contributed by atoms with van der Waals surface area (Å²) in [6.07, 6.45) is 7.07. The van der Waals surface area contributed by atoms with Gasteiger partial charge < -0.3 is 4.90 Å². The van der Waals surface area contributed by atoms with Gasteiger partial charge in [-0.25, -0.2) is 0 Å². The summed E-state index contributed by atoms with van der Waals surface area (Å²) < 4.78 is 0. The maximum atomic E-state index is 13.3. The Morgan fingerprint density at radius 1 is 1.19 bits per heavy atom. The molecule has 1 aliphatic heterocycles. The highest BCUT2D eigenvalue weighted by Gasteiger charge is 2.30. The Hall–Kier alpha value is -2.66. The van der Waals surface area contributed by atoms with Crippen LogP contribution in [-0.2, 0) is 19.3 Å². The van der Waals surface area contributed by atoms with Crippen LogP contribution in [0.5, 0.6) is 0 Å². The first-order valence-corrected chi connectivity index (χ1v) is 12.0. The van der Waals surface area contributed by atoms with Gasteiger partial charge in [-0.15, -0.1) is 0 Å². The largest absolute Gasteiger partial charge is 0.337 e. The number of piperidine rings is 1. The first-order chi connectivity index (χ1) is 15.6. The summed E-state index contributed by atoms with van der Waals surface area (Å²) in [5.41, 5.74) is 7.34. The van der Waals surface area contributed by atoms with Crippen LogP contribution in [0, 0.1) is 6.92 Å². The molecule has 0 bridgehead atoms. The Kier molecular flexibility index (Phi) is 6.01. The molecule has 5 rings (SSSR count). The lowest BCUT2D eigenvalue weighted by atomic mass is 9.91. The summed E-state index contributed by atoms with van der Waals surface area (Å²) in [5, 5.41) is 8.31. The van der Waals surface area contributed by atoms with Crippen molar-refractivity contribution < 1.29 is 4.79 Å². The van der Waals surface area contributed by atoms with Gasteiger partial charge in [-0.3, -0.25) is 14.9 Å². The maximum absolute atomic E-state index is 13.3. The lowest BCUT2D eigenvalue weighted by Crippen LogP contribution is -2.40. The molecule has 5 nitrogen and oxygen atoms in total. The van der Waals surface area contributed by atoms with Crippen molar-refractivity contribution in [1.82, 2.24) is 20.1 Å². The lowest BCUT2D eigenvalue weighted by Gasteiger charge is -2.32. The molecular weight excluding hydrogens is 420 g/mol. The van der Waals surface area contributed by atoms with E-state index in [2.05, 4.69) is 28.4 Å². The zero-order valence-corrected chi connectivity index (χ0v) is 19.3. The van der Waals surface area contributed by atoms with Gasteiger partial charge in [-0.05, 0) is 81.2 Å². The molecular formula is C26H29ClN4O. The third-order valence-electron chi connectivity index (χ3n) is 6.77. The van der Waals surface area contributed by atoms with E-state index in [1.807, 2.05) is 30.0 Å². The quantitative estimate of drug-likeness (QED) is 0.592. The van der Waals surface area contributed by atoms with E-state index in [1.165, 1.54) is 12.0 Å². The second kappa shape index (κ2) is 9.07. The van der Waals surface area contributed by atoms with Crippen molar-refractivity contribution >= 4 is 17.5 Å². The van der Waals surface area contributed by atoms with E-state index in [1.54, 1.807) is 0 Å². The predicted molar refractivity (Wildman–Crippen MR) is 126 cm³/mol. The molecule has 1 fully saturated rings. The molecule has 1 amide bonds. The molecule has 0 radical (unpaired) electrons. The maximum Gasteiger partial charge on any atom is 0.274 e. The highest BCUT2D eigenvalue weighted by atomic mass is 35.5. The fourth-order valence-electron chi connectivity index (χ4n) is 5.15. The number of carbonyl (C=O) groups is 1. The minimum absolute atomic E-state index is 0.0676. The first kappa shape index (κ1) is 21.2. The Morgan fingerprint density at radius 3 is 2.91 bits per heavy atom. The van der Waals surface area contributed by atoms with Crippen LogP contribution in [0.25, 0.3) is 0 Å². The number of carbonyl (C=O) groups excluding carboxylic acids is 1. The molecule has 1 aliphatic carbocycles. The number of fused-ring (bicyclic) bond motifs is 1. The van der Waals surface area contributed by atoms with E-state index in [9.17, 15) is 4.79 Å². The van der Waals surface area contributed by atoms with Crippen LogP contribution in [0.2, 0.25) is 5.02 Å². The van der Waals surface area contributed by atoms with E-state index in [0.717, 1.165) is 78.3 Å². The van der Waals surface area contributed by atoms with Crippen molar-refractivity contribution in [2.45, 2.75) is 57.8 Å². The van der Waals surface area contributed by atoms with Crippen molar-refractivity contribution in [2.24, 2.45) is 0 Å². The van der Waals surface area contributed by atoms with Gasteiger partial charge >= 0.3 is 0 Å². The van der Waals surface area contributed by atoms with Crippen molar-refractivity contribution in [2.75, 3.05) is 13.1 Å². The van der Waals surface area contributed by atoms with Gasteiger partial charge in [0.15, 0.2) is 5.69 Å². The molecule has 1 atom stereocenters. The number of halogens is 1. The predicted octanol–water partition coefficient (Wildman–Crippen LogP) is 5.26. The fourth-order valence-corrected chi connectivity index (χ4v) is 5.35. The number of hydrogen-bond donors (Lipinski definition) is 1. The van der Waals surface area contributed by atoms with E-state index in [-0.39, 0.29) is 11.8 Å². The van der Waals surface area contributed by atoms with Crippen LogP contribution in [0.1, 0.15) is 75.9 Å². The van der Waals surface area contributed by atoms with Crippen LogP contribution >= 0.6 is 11.6 Å². The van der Waals surface area contributed by atoms with Crippen LogP contribution < -0.4 is 0 Å². The fraction of sp³-hybridized carbons (Fsp3) is 0.423. The smallest absolute Gasteiger partial charge is 0.274 e. The number of rotatable bonds is 4. The zero-order chi connectivity index (χ0) is 22.1. The molecule has 2 aliphatic rings. The molecule has 6 heteroatoms. The van der Waals surface area contributed by atoms with Gasteiger partial charge in [0.25, 0.3) is 5.91 Å². The molecule has 2 aromatic heterocycles. The Morgan fingerprint density at radius 2 is 2.03 bits per heavy atom. The first-order valence-electron chi connectivity index (χ1n) is 11.6. The van der Waals surface area contributed by atoms with Gasteiger partial charge in [0, 0.05) is 46.7 Å². The van der Waals surface area contributed by atoms with E-state index < -0.39 is 0 Å². The second-order valence-electron chi connectivity index (χ2n) is 9.14. The number of hydrogen-bond acceptors (Lipinski definition) is 3. The Balaban J connectivity index is 1.35. The normalized spacial score (nSPS) is 18.4. The van der Waals surface area contributed by atoms with E-state index in [0.29, 0.717) is 12.2 Å². The van der Waals surface area contributed by atoms with Crippen LogP contribution in [0.3, 0.4) is 0 Å². The monoisotopic (exact) mass is 448 g/mol. The topological polar surface area (TPSA) is 61.9 Å². The van der Waals surface area contributed by atoms with Crippen LogP contribution in [0.15, 0.2) is 36.4 Å². The molecule has 3 aromatic rings. The molecule has 0 spiro atoms. The number of nitrogens with one attached hydrogen (secondary N) is 1. The number of aromatic nitrogens is 3. The van der Waals surface area contributed by atoms with Crippen LogP contribution in [-0.4, -0.2) is 39.1 Å². The number of pyridine rings is 1. The third-order valence-corrected chi connectivity index (χ3v) is 7.14. The van der Waals surface area contributed by atoms with Crippen LogP contribution in [0.4, 0.5) is 0 Å². The SMILES string of the molecule is Cc1cc(Cc2ccccc2Cl)cc([C@H]2CCCN(C(=O)c3n[nH]c4c3CCCC4)C2)n1. The van der Waals surface area contributed by atoms with Gasteiger partial charge in [0.1, 0.15) is 0 Å². The number of H-pyrrole nitrogens is 1. The number of nitrogens with zero attached hydrogens (tertiary/aromatic N) is 3. The Labute approximate surface area is 194 Å². The highest BCUT2D eigenvalue weighted by Crippen LogP contribution is 2.30. The average Bonchev–Trinajstić information content (AvgIpc) is 3.24. The minimum Gasteiger partial charge on any atom is -0.337 e. The molecule has 3 heterocycles. The number of amides is 1. The van der Waals surface area contributed by atoms with Crippen molar-refractivity contribution in [1.29, 1.82) is 0 Å². The minimum atomic E-state index is 0.0676. The van der Waals surface area contributed by atoms with Gasteiger partial charge in [0.2, 0.25) is 0 Å². The summed E-state index contributed by atoms with van der Waals surface area (Å²) in [5.74, 6) is 0.311. The molecule has 1 aromatic carbocycles. The van der Waals surface area contributed by atoms with Crippen molar-refractivity contribution in [3.8, 4) is 0 Å². The van der Waals surface area contributed by atoms with Gasteiger partial charge in [-0.1, -0.05) is 29.8 Å². The molecule has 0 unspecified atom stereocenters. The van der Waals surface area contributed by atoms with Gasteiger partial charge in [-0.2, -0.15) is 5.10 Å². The average molecular weight is 449 g/mol. The molecule has 1 saturated heterocycles. The van der Waals surface area contributed by atoms with Crippen molar-refractivity contribution in [3.05, 3.63) is 80.9 Å². The highest BCUT2D eigenvalue weighted by molar-refractivity contribution is 6.31. The summed E-state index contributed by atoms with van der Waals surface area (Å²) in [4.78, 5) is 20.2. The zero-order valence-electron chi connectivity index (χ0n) is 18.5. The van der Waals surface area contributed by atoms with Crippen molar-refractivity contribution in [3.63, 3.8) is 0 Å². The summed E-state index contributed by atoms with van der Waals surface area (Å²) in [6, 6.07) is 12.3. The summed E-state index contributed by atoms with van der Waals surface area (Å²) in [7, 11) is 0.